The maximum atomic E-state index is 14.5. The number of hydrogen-bond donors (Lipinski definition) is 0. The topological polar surface area (TPSA) is 12.5 Å². The van der Waals surface area contributed by atoms with Gasteiger partial charge in [-0.3, -0.25) is 0 Å². The molecule has 1 unspecified atom stereocenters. The van der Waals surface area contributed by atoms with Crippen molar-refractivity contribution in [3.8, 4) is 0 Å². The lowest BCUT2D eigenvalue weighted by molar-refractivity contribution is -0.0532. The molecule has 4 rings (SSSR count). The van der Waals surface area contributed by atoms with Crippen LogP contribution in [-0.2, 0) is 10.3 Å². The van der Waals surface area contributed by atoms with Gasteiger partial charge in [-0.1, -0.05) is 91.0 Å². The molecule has 0 aromatic heterocycles. The highest BCUT2D eigenvalue weighted by atomic mass is 19.3. The summed E-state index contributed by atoms with van der Waals surface area (Å²) in [5, 5.41) is 0. The maximum absolute atomic E-state index is 14.5. The minimum Gasteiger partial charge on any atom is -0.360 e. The highest BCUT2D eigenvalue weighted by Gasteiger charge is 2.71. The molecule has 0 aliphatic heterocycles. The molecule has 0 saturated heterocycles. The second-order valence-electron chi connectivity index (χ2n) is 8.47. The molecule has 0 bridgehead atoms. The van der Waals surface area contributed by atoms with Gasteiger partial charge in [0.15, 0.2) is 0 Å². The highest BCUT2D eigenvalue weighted by molar-refractivity contribution is 5.47. The summed E-state index contributed by atoms with van der Waals surface area (Å²) in [4.78, 5) is 1.82. The van der Waals surface area contributed by atoms with Crippen LogP contribution in [0.1, 0.15) is 23.1 Å². The molecule has 156 valence electrons. The van der Waals surface area contributed by atoms with Crippen LogP contribution in [0.2, 0.25) is 0 Å². The Kier molecular flexibility index (Phi) is 5.48. The van der Waals surface area contributed by atoms with Crippen molar-refractivity contribution in [3.05, 3.63) is 108 Å². The summed E-state index contributed by atoms with van der Waals surface area (Å²) in [5.74, 6) is -2.72. The fourth-order valence-electron chi connectivity index (χ4n) is 4.37. The molecule has 1 aliphatic rings. The van der Waals surface area contributed by atoms with E-state index >= 15 is 0 Å². The van der Waals surface area contributed by atoms with Crippen LogP contribution in [-0.4, -0.2) is 38.1 Å². The summed E-state index contributed by atoms with van der Waals surface area (Å²) >= 11 is 0. The van der Waals surface area contributed by atoms with E-state index in [-0.39, 0.29) is 19.6 Å². The smallest absolute Gasteiger partial charge is 0.258 e. The molecule has 0 heterocycles. The van der Waals surface area contributed by atoms with Crippen LogP contribution in [0.4, 0.5) is 8.78 Å². The molecule has 2 nitrogen and oxygen atoms in total. The Bertz CT molecular complexity index is 863. The van der Waals surface area contributed by atoms with Gasteiger partial charge in [-0.25, -0.2) is 8.78 Å². The van der Waals surface area contributed by atoms with Gasteiger partial charge in [-0.15, -0.1) is 0 Å². The summed E-state index contributed by atoms with van der Waals surface area (Å²) in [6, 6.07) is 29.6. The molecule has 1 saturated carbocycles. The molecule has 3 aromatic carbocycles. The number of benzene rings is 3. The van der Waals surface area contributed by atoms with Crippen molar-refractivity contribution < 1.29 is 13.5 Å². The molecule has 0 amide bonds. The van der Waals surface area contributed by atoms with Crippen LogP contribution in [0.3, 0.4) is 0 Å². The van der Waals surface area contributed by atoms with E-state index in [4.69, 9.17) is 4.74 Å². The van der Waals surface area contributed by atoms with E-state index < -0.39 is 16.9 Å². The molecule has 1 atom stereocenters. The van der Waals surface area contributed by atoms with Crippen LogP contribution in [0.5, 0.6) is 0 Å². The number of ether oxygens (including phenoxy) is 1. The molecule has 1 fully saturated rings. The average Bonchev–Trinajstić information content (AvgIpc) is 3.29. The quantitative estimate of drug-likeness (QED) is 0.452. The minimum atomic E-state index is -2.72. The van der Waals surface area contributed by atoms with Gasteiger partial charge in [-0.2, -0.15) is 0 Å². The molecular formula is C26H27F2NO. The number of alkyl halides is 2. The molecule has 1 aliphatic carbocycles. The van der Waals surface area contributed by atoms with Crippen molar-refractivity contribution in [1.82, 2.24) is 4.90 Å². The van der Waals surface area contributed by atoms with Crippen LogP contribution in [0.25, 0.3) is 0 Å². The SMILES string of the molecule is CN(C)CC1(COC(c2ccccc2)(c2ccccc2)c2ccccc2)CC1(F)F. The van der Waals surface area contributed by atoms with E-state index in [0.29, 0.717) is 0 Å². The first-order valence-electron chi connectivity index (χ1n) is 10.2. The lowest BCUT2D eigenvalue weighted by Crippen LogP contribution is -2.39. The van der Waals surface area contributed by atoms with Crippen molar-refractivity contribution in [3.63, 3.8) is 0 Å². The first-order chi connectivity index (χ1) is 14.4. The third-order valence-electron chi connectivity index (χ3n) is 5.94. The van der Waals surface area contributed by atoms with E-state index in [0.717, 1.165) is 16.7 Å². The molecule has 4 heteroatoms. The van der Waals surface area contributed by atoms with Crippen molar-refractivity contribution in [2.24, 2.45) is 5.41 Å². The van der Waals surface area contributed by atoms with Gasteiger partial charge < -0.3 is 9.64 Å². The van der Waals surface area contributed by atoms with Gasteiger partial charge in [0, 0.05) is 13.0 Å². The van der Waals surface area contributed by atoms with Crippen LogP contribution in [0.15, 0.2) is 91.0 Å². The Labute approximate surface area is 177 Å². The third-order valence-corrected chi connectivity index (χ3v) is 5.94. The Morgan fingerprint density at radius 2 is 1.13 bits per heavy atom. The first-order valence-corrected chi connectivity index (χ1v) is 10.2. The predicted molar refractivity (Wildman–Crippen MR) is 116 cm³/mol. The number of hydrogen-bond acceptors (Lipinski definition) is 2. The molecule has 0 radical (unpaired) electrons. The van der Waals surface area contributed by atoms with Crippen LogP contribution in [0, 0.1) is 5.41 Å². The zero-order valence-corrected chi connectivity index (χ0v) is 17.4. The minimum absolute atomic E-state index is 0.0309. The Hall–Kier alpha value is -2.56. The van der Waals surface area contributed by atoms with Gasteiger partial charge in [0.05, 0.1) is 12.0 Å². The van der Waals surface area contributed by atoms with Gasteiger partial charge in [0.1, 0.15) is 5.60 Å². The number of nitrogens with zero attached hydrogens (tertiary/aromatic N) is 1. The molecule has 0 spiro atoms. The molecular weight excluding hydrogens is 380 g/mol. The maximum Gasteiger partial charge on any atom is 0.258 e. The first kappa shape index (κ1) is 20.7. The average molecular weight is 408 g/mol. The van der Waals surface area contributed by atoms with Crippen molar-refractivity contribution in [1.29, 1.82) is 0 Å². The molecule has 0 N–H and O–H groups in total. The summed E-state index contributed by atoms with van der Waals surface area (Å²) in [7, 11) is 3.66. The van der Waals surface area contributed by atoms with Crippen molar-refractivity contribution >= 4 is 0 Å². The second-order valence-corrected chi connectivity index (χ2v) is 8.47. The van der Waals surface area contributed by atoms with E-state index in [1.54, 1.807) is 0 Å². The second kappa shape index (κ2) is 7.93. The van der Waals surface area contributed by atoms with Gasteiger partial charge in [0.2, 0.25) is 0 Å². The fraction of sp³-hybridized carbons (Fsp3) is 0.308. The lowest BCUT2D eigenvalue weighted by Gasteiger charge is -2.37. The van der Waals surface area contributed by atoms with Crippen LogP contribution < -0.4 is 0 Å². The third kappa shape index (κ3) is 3.66. The largest absolute Gasteiger partial charge is 0.360 e. The lowest BCUT2D eigenvalue weighted by atomic mass is 9.80. The van der Waals surface area contributed by atoms with E-state index in [2.05, 4.69) is 0 Å². The van der Waals surface area contributed by atoms with Gasteiger partial charge in [-0.05, 0) is 30.8 Å². The van der Waals surface area contributed by atoms with Crippen molar-refractivity contribution in [2.45, 2.75) is 17.9 Å². The van der Waals surface area contributed by atoms with E-state index in [1.807, 2.05) is 110 Å². The summed E-state index contributed by atoms with van der Waals surface area (Å²) < 4.78 is 35.6. The normalized spacial score (nSPS) is 20.3. The Balaban J connectivity index is 1.84. The standard InChI is InChI=1S/C26H27F2NO/c1-29(2)19-24(18-25(24,27)28)20-30-26(21-12-6-3-7-13-21,22-14-8-4-9-15-22)23-16-10-5-11-17-23/h3-17H,18-20H2,1-2H3. The van der Waals surface area contributed by atoms with Gasteiger partial charge in [0.25, 0.3) is 5.92 Å². The monoisotopic (exact) mass is 407 g/mol. The summed E-state index contributed by atoms with van der Waals surface area (Å²) in [6.07, 6.45) is -0.146. The van der Waals surface area contributed by atoms with Crippen LogP contribution >= 0.6 is 0 Å². The summed E-state index contributed by atoms with van der Waals surface area (Å²) in [6.45, 7) is 0.255. The number of rotatable bonds is 8. The highest BCUT2D eigenvalue weighted by Crippen LogP contribution is 2.61. The zero-order chi connectivity index (χ0) is 21.2. The zero-order valence-electron chi connectivity index (χ0n) is 17.4. The van der Waals surface area contributed by atoms with E-state index in [1.165, 1.54) is 0 Å². The van der Waals surface area contributed by atoms with E-state index in [9.17, 15) is 8.78 Å². The fourth-order valence-corrected chi connectivity index (χ4v) is 4.37. The predicted octanol–water partition coefficient (Wildman–Crippen LogP) is 5.58. The van der Waals surface area contributed by atoms with Gasteiger partial charge >= 0.3 is 0 Å². The Morgan fingerprint density at radius 1 is 0.767 bits per heavy atom. The number of halogens is 2. The molecule has 30 heavy (non-hydrogen) atoms. The molecule has 3 aromatic rings. The summed E-state index contributed by atoms with van der Waals surface area (Å²) in [5.41, 5.74) is 0.631. The van der Waals surface area contributed by atoms with Crippen molar-refractivity contribution in [2.75, 3.05) is 27.2 Å². The Morgan fingerprint density at radius 3 is 1.43 bits per heavy atom.